The van der Waals surface area contributed by atoms with Crippen molar-refractivity contribution in [1.82, 2.24) is 10.3 Å². The molecule has 140 valence electrons. The molecule has 1 amide bonds. The predicted molar refractivity (Wildman–Crippen MR) is 80.0 cm³/mol. The van der Waals surface area contributed by atoms with Crippen molar-refractivity contribution in [2.45, 2.75) is 44.3 Å². The Morgan fingerprint density at radius 1 is 1.28 bits per heavy atom. The van der Waals surface area contributed by atoms with E-state index in [1.165, 1.54) is 12.1 Å². The highest BCUT2D eigenvalue weighted by atomic mass is 35.5. The summed E-state index contributed by atoms with van der Waals surface area (Å²) in [6.45, 7) is -0.954. The molecule has 1 aliphatic rings. The van der Waals surface area contributed by atoms with Crippen LogP contribution in [-0.4, -0.2) is 36.1 Å². The van der Waals surface area contributed by atoms with E-state index in [-0.39, 0.29) is 42.3 Å². The van der Waals surface area contributed by atoms with Gasteiger partial charge in [-0.15, -0.1) is 0 Å². The summed E-state index contributed by atoms with van der Waals surface area (Å²) >= 11 is 5.67. The number of hydrogen-bond acceptors (Lipinski definition) is 3. The predicted octanol–water partition coefficient (Wildman–Crippen LogP) is 4.23. The zero-order valence-corrected chi connectivity index (χ0v) is 13.7. The average molecular weight is 387 g/mol. The van der Waals surface area contributed by atoms with Crippen molar-refractivity contribution in [2.24, 2.45) is 5.92 Å². The van der Waals surface area contributed by atoms with E-state index in [1.807, 2.05) is 0 Å². The fourth-order valence-corrected chi connectivity index (χ4v) is 2.81. The quantitative estimate of drug-likeness (QED) is 0.608. The van der Waals surface area contributed by atoms with Crippen LogP contribution >= 0.6 is 11.6 Å². The molecule has 0 spiro atoms. The second-order valence-electron chi connectivity index (χ2n) is 5.75. The topological polar surface area (TPSA) is 51.2 Å². The van der Waals surface area contributed by atoms with Gasteiger partial charge in [0.15, 0.2) is 6.61 Å². The normalized spacial score (nSPS) is 21.2. The third kappa shape index (κ3) is 5.69. The lowest BCUT2D eigenvalue weighted by atomic mass is 9.85. The summed E-state index contributed by atoms with van der Waals surface area (Å²) in [7, 11) is 0. The van der Waals surface area contributed by atoms with E-state index in [1.54, 1.807) is 0 Å². The summed E-state index contributed by atoms with van der Waals surface area (Å²) < 4.78 is 67.3. The molecule has 1 fully saturated rings. The minimum absolute atomic E-state index is 0.0356. The Labute approximate surface area is 145 Å². The Morgan fingerprint density at radius 2 is 1.92 bits per heavy atom. The van der Waals surface area contributed by atoms with E-state index in [2.05, 4.69) is 10.3 Å². The van der Waals surface area contributed by atoms with Gasteiger partial charge in [-0.3, -0.25) is 4.79 Å². The molecule has 2 rings (SSSR count). The van der Waals surface area contributed by atoms with E-state index in [4.69, 9.17) is 16.3 Å². The monoisotopic (exact) mass is 386 g/mol. The van der Waals surface area contributed by atoms with Crippen LogP contribution in [0.2, 0.25) is 5.15 Å². The molecule has 1 aromatic heterocycles. The minimum atomic E-state index is -4.23. The molecule has 0 saturated heterocycles. The van der Waals surface area contributed by atoms with Gasteiger partial charge in [0.25, 0.3) is 12.3 Å². The zero-order chi connectivity index (χ0) is 18.6. The molecule has 4 nitrogen and oxygen atoms in total. The van der Waals surface area contributed by atoms with Gasteiger partial charge < -0.3 is 10.1 Å². The van der Waals surface area contributed by atoms with Crippen LogP contribution in [0, 0.1) is 5.92 Å². The van der Waals surface area contributed by atoms with E-state index in [9.17, 15) is 26.7 Å². The van der Waals surface area contributed by atoms with E-state index in [0.717, 1.165) is 0 Å². The number of aromatic nitrogens is 1. The third-order valence-electron chi connectivity index (χ3n) is 3.94. The second-order valence-corrected chi connectivity index (χ2v) is 6.14. The molecule has 25 heavy (non-hydrogen) atoms. The lowest BCUT2D eigenvalue weighted by Gasteiger charge is -2.30. The molecule has 0 aromatic carbocycles. The number of ether oxygens (including phenoxy) is 1. The summed E-state index contributed by atoms with van der Waals surface area (Å²) in [4.78, 5) is 16.0. The van der Waals surface area contributed by atoms with Gasteiger partial charge in [0, 0.05) is 6.04 Å². The van der Waals surface area contributed by atoms with Gasteiger partial charge in [-0.05, 0) is 37.8 Å². The number of nitrogens with zero attached hydrogens (tertiary/aromatic N) is 1. The van der Waals surface area contributed by atoms with Crippen molar-refractivity contribution in [3.63, 3.8) is 0 Å². The van der Waals surface area contributed by atoms with Crippen molar-refractivity contribution >= 4 is 17.5 Å². The first kappa shape index (κ1) is 19.7. The van der Waals surface area contributed by atoms with Crippen molar-refractivity contribution in [1.29, 1.82) is 0 Å². The maximum Gasteiger partial charge on any atom is 0.391 e. The molecule has 0 radical (unpaired) electrons. The van der Waals surface area contributed by atoms with Crippen LogP contribution < -0.4 is 10.1 Å². The Kier molecular flexibility index (Phi) is 6.42. The van der Waals surface area contributed by atoms with Gasteiger partial charge in [0.2, 0.25) is 5.88 Å². The molecule has 1 saturated carbocycles. The zero-order valence-electron chi connectivity index (χ0n) is 13.0. The van der Waals surface area contributed by atoms with E-state index >= 15 is 0 Å². The summed E-state index contributed by atoms with van der Waals surface area (Å²) in [6.07, 6.45) is -6.75. The number of nitrogens with one attached hydrogen (secondary N) is 1. The van der Waals surface area contributed by atoms with Crippen LogP contribution in [0.4, 0.5) is 22.0 Å². The molecular weight excluding hydrogens is 371 g/mol. The van der Waals surface area contributed by atoms with Crippen LogP contribution in [0.1, 0.15) is 36.0 Å². The largest absolute Gasteiger partial charge is 0.471 e. The van der Waals surface area contributed by atoms with Crippen molar-refractivity contribution in [2.75, 3.05) is 6.61 Å². The number of halogens is 6. The highest BCUT2D eigenvalue weighted by Gasteiger charge is 2.41. The molecule has 0 aliphatic heterocycles. The summed E-state index contributed by atoms with van der Waals surface area (Å²) in [6, 6.07) is 2.14. The maximum atomic E-state index is 12.7. The third-order valence-corrected chi connectivity index (χ3v) is 4.15. The van der Waals surface area contributed by atoms with Crippen molar-refractivity contribution in [3.05, 3.63) is 22.8 Å². The first-order valence-corrected chi connectivity index (χ1v) is 7.99. The highest BCUT2D eigenvalue weighted by Crippen LogP contribution is 2.37. The van der Waals surface area contributed by atoms with Crippen molar-refractivity contribution in [3.8, 4) is 5.88 Å². The lowest BCUT2D eigenvalue weighted by Crippen LogP contribution is -2.40. The molecule has 1 heterocycles. The Hall–Kier alpha value is -1.64. The highest BCUT2D eigenvalue weighted by molar-refractivity contribution is 6.29. The summed E-state index contributed by atoms with van der Waals surface area (Å²) in [5.74, 6) is -2.35. The van der Waals surface area contributed by atoms with Gasteiger partial charge in [-0.1, -0.05) is 11.6 Å². The summed E-state index contributed by atoms with van der Waals surface area (Å²) in [5, 5.41) is 2.56. The van der Waals surface area contributed by atoms with Crippen LogP contribution in [0.15, 0.2) is 12.1 Å². The molecule has 1 N–H and O–H groups in total. The molecule has 0 bridgehead atoms. The Balaban J connectivity index is 1.99. The van der Waals surface area contributed by atoms with Crippen LogP contribution in [0.25, 0.3) is 0 Å². The van der Waals surface area contributed by atoms with Gasteiger partial charge in [-0.25, -0.2) is 13.8 Å². The Bertz CT molecular complexity index is 604. The fraction of sp³-hybridized carbons (Fsp3) is 0.600. The molecular formula is C15H16ClF5N2O2. The van der Waals surface area contributed by atoms with Crippen molar-refractivity contribution < 1.29 is 31.5 Å². The number of carbonyl (C=O) groups excluding carboxylic acids is 1. The number of rotatable bonds is 5. The minimum Gasteiger partial charge on any atom is -0.471 e. The number of alkyl halides is 5. The average Bonchev–Trinajstić information content (AvgIpc) is 2.52. The molecule has 0 unspecified atom stereocenters. The van der Waals surface area contributed by atoms with E-state index in [0.29, 0.717) is 0 Å². The van der Waals surface area contributed by atoms with Gasteiger partial charge in [0.05, 0.1) is 5.92 Å². The van der Waals surface area contributed by atoms with E-state index < -0.39 is 37.1 Å². The number of hydrogen-bond donors (Lipinski definition) is 1. The lowest BCUT2D eigenvalue weighted by molar-refractivity contribution is -0.182. The SMILES string of the molecule is O=C(NC1CCC(C(F)(F)F)CC1)c1ccc(Cl)nc1OCC(F)F. The number of carbonyl (C=O) groups is 1. The maximum absolute atomic E-state index is 12.7. The van der Waals surface area contributed by atoms with Crippen LogP contribution in [0.3, 0.4) is 0 Å². The van der Waals surface area contributed by atoms with Crippen LogP contribution in [-0.2, 0) is 0 Å². The molecule has 10 heteroatoms. The van der Waals surface area contributed by atoms with Crippen LogP contribution in [0.5, 0.6) is 5.88 Å². The first-order chi connectivity index (χ1) is 11.7. The second kappa shape index (κ2) is 8.16. The molecule has 1 aliphatic carbocycles. The molecule has 0 atom stereocenters. The summed E-state index contributed by atoms with van der Waals surface area (Å²) in [5.41, 5.74) is -0.0944. The van der Waals surface area contributed by atoms with Gasteiger partial charge in [0.1, 0.15) is 10.7 Å². The van der Waals surface area contributed by atoms with Gasteiger partial charge in [-0.2, -0.15) is 13.2 Å². The first-order valence-electron chi connectivity index (χ1n) is 7.62. The standard InChI is InChI=1S/C15H16ClF5N2O2/c16-11-6-5-10(14(23-11)25-7-12(17)18)13(24)22-9-3-1-8(2-4-9)15(19,20)21/h5-6,8-9,12H,1-4,7H2,(H,22,24). The van der Waals surface area contributed by atoms with Gasteiger partial charge >= 0.3 is 6.18 Å². The molecule has 1 aromatic rings. The number of amides is 1. The number of pyridine rings is 1. The smallest absolute Gasteiger partial charge is 0.391 e. The fourth-order valence-electron chi connectivity index (χ4n) is 2.67. The Morgan fingerprint density at radius 3 is 2.48 bits per heavy atom.